The van der Waals surface area contributed by atoms with Crippen LogP contribution in [0.5, 0.6) is 0 Å². The highest BCUT2D eigenvalue weighted by Gasteiger charge is 2.30. The number of carbonyl (C=O) groups excluding carboxylic acids is 1. The monoisotopic (exact) mass is 313 g/mol. The smallest absolute Gasteiger partial charge is 0.255 e. The molecule has 0 aromatic carbocycles. The first-order chi connectivity index (χ1) is 11.3. The van der Waals surface area contributed by atoms with Gasteiger partial charge in [-0.2, -0.15) is 15.2 Å². The van der Waals surface area contributed by atoms with Crippen LogP contribution in [0.2, 0.25) is 0 Å². The van der Waals surface area contributed by atoms with Crippen molar-refractivity contribution < 1.29 is 9.32 Å². The van der Waals surface area contributed by atoms with Gasteiger partial charge in [-0.3, -0.25) is 4.79 Å². The molecule has 0 unspecified atom stereocenters. The van der Waals surface area contributed by atoms with Crippen LogP contribution < -0.4 is 0 Å². The zero-order chi connectivity index (χ0) is 15.6. The Bertz CT molecular complexity index is 675. The molecule has 1 amide bonds. The molecule has 23 heavy (non-hydrogen) atoms. The van der Waals surface area contributed by atoms with Crippen molar-refractivity contribution in [1.82, 2.24) is 25.2 Å². The van der Waals surface area contributed by atoms with Crippen LogP contribution in [0.4, 0.5) is 0 Å². The van der Waals surface area contributed by atoms with E-state index >= 15 is 0 Å². The van der Waals surface area contributed by atoms with Crippen molar-refractivity contribution >= 4 is 5.91 Å². The molecule has 0 radical (unpaired) electrons. The summed E-state index contributed by atoms with van der Waals surface area (Å²) in [7, 11) is 0. The van der Waals surface area contributed by atoms with E-state index in [4.69, 9.17) is 4.52 Å². The van der Waals surface area contributed by atoms with Gasteiger partial charge in [0, 0.05) is 24.9 Å². The van der Waals surface area contributed by atoms with Crippen molar-refractivity contribution in [3.8, 4) is 0 Å². The highest BCUT2D eigenvalue weighted by Crippen LogP contribution is 2.36. The molecule has 1 aliphatic carbocycles. The molecule has 1 aliphatic heterocycles. The lowest BCUT2D eigenvalue weighted by molar-refractivity contribution is 0.0704. The SMILES string of the molecule is O=C(c1ccnnc1)N1CCC(c2nc(C3CCC3)no2)CC1. The highest BCUT2D eigenvalue weighted by molar-refractivity contribution is 5.93. The Morgan fingerprint density at radius 1 is 1.13 bits per heavy atom. The third-order valence-electron chi connectivity index (χ3n) is 4.89. The summed E-state index contributed by atoms with van der Waals surface area (Å²) in [6.07, 6.45) is 8.38. The summed E-state index contributed by atoms with van der Waals surface area (Å²) >= 11 is 0. The standard InChI is InChI=1S/C16H19N5O2/c22-16(13-4-7-17-18-10-13)21-8-5-12(6-9-21)15-19-14(20-23-15)11-2-1-3-11/h4,7,10-12H,1-3,5-6,8-9H2. The Morgan fingerprint density at radius 3 is 2.61 bits per heavy atom. The highest BCUT2D eigenvalue weighted by atomic mass is 16.5. The van der Waals surface area contributed by atoms with Gasteiger partial charge in [-0.1, -0.05) is 11.6 Å². The number of likely N-dealkylation sites (tertiary alicyclic amines) is 1. The van der Waals surface area contributed by atoms with Crippen LogP contribution in [0.3, 0.4) is 0 Å². The molecule has 2 aromatic rings. The molecule has 2 aliphatic rings. The minimum Gasteiger partial charge on any atom is -0.339 e. The lowest BCUT2D eigenvalue weighted by Crippen LogP contribution is -2.38. The minimum absolute atomic E-state index is 0.0130. The van der Waals surface area contributed by atoms with E-state index in [9.17, 15) is 4.79 Å². The summed E-state index contributed by atoms with van der Waals surface area (Å²) in [6.45, 7) is 1.40. The van der Waals surface area contributed by atoms with Crippen molar-refractivity contribution in [3.63, 3.8) is 0 Å². The van der Waals surface area contributed by atoms with Gasteiger partial charge >= 0.3 is 0 Å². The van der Waals surface area contributed by atoms with E-state index in [2.05, 4.69) is 20.3 Å². The number of carbonyl (C=O) groups is 1. The van der Waals surface area contributed by atoms with E-state index in [1.54, 1.807) is 12.3 Å². The number of aromatic nitrogens is 4. The van der Waals surface area contributed by atoms with Crippen LogP contribution in [-0.4, -0.2) is 44.2 Å². The van der Waals surface area contributed by atoms with Gasteiger partial charge in [0.2, 0.25) is 5.89 Å². The largest absolute Gasteiger partial charge is 0.339 e. The predicted octanol–water partition coefficient (Wildman–Crippen LogP) is 2.15. The van der Waals surface area contributed by atoms with Crippen LogP contribution in [0.1, 0.15) is 66.0 Å². The molecular weight excluding hydrogens is 294 g/mol. The van der Waals surface area contributed by atoms with Crippen molar-refractivity contribution in [2.45, 2.75) is 43.9 Å². The number of hydrogen-bond acceptors (Lipinski definition) is 6. The van der Waals surface area contributed by atoms with Gasteiger partial charge in [0.15, 0.2) is 5.82 Å². The summed E-state index contributed by atoms with van der Waals surface area (Å²) in [5.74, 6) is 2.38. The fourth-order valence-corrected chi connectivity index (χ4v) is 3.17. The third kappa shape index (κ3) is 2.83. The van der Waals surface area contributed by atoms with Crippen molar-refractivity contribution in [2.75, 3.05) is 13.1 Å². The topological polar surface area (TPSA) is 85.0 Å². The lowest BCUT2D eigenvalue weighted by Gasteiger charge is -2.30. The van der Waals surface area contributed by atoms with E-state index < -0.39 is 0 Å². The molecule has 1 saturated heterocycles. The summed E-state index contributed by atoms with van der Waals surface area (Å²) in [4.78, 5) is 18.8. The van der Waals surface area contributed by atoms with E-state index in [1.807, 2.05) is 4.90 Å². The maximum absolute atomic E-state index is 12.4. The van der Waals surface area contributed by atoms with E-state index in [-0.39, 0.29) is 11.8 Å². The summed E-state index contributed by atoms with van der Waals surface area (Å²) in [5, 5.41) is 11.6. The normalized spacial score (nSPS) is 19.6. The first-order valence-electron chi connectivity index (χ1n) is 8.21. The maximum Gasteiger partial charge on any atom is 0.255 e. The number of amides is 1. The van der Waals surface area contributed by atoms with Crippen LogP contribution in [0.15, 0.2) is 23.0 Å². The number of piperidine rings is 1. The second kappa shape index (κ2) is 6.06. The van der Waals surface area contributed by atoms with Gasteiger partial charge in [-0.05, 0) is 31.7 Å². The first-order valence-corrected chi connectivity index (χ1v) is 8.21. The molecule has 120 valence electrons. The van der Waals surface area contributed by atoms with Gasteiger partial charge in [0.25, 0.3) is 5.91 Å². The maximum atomic E-state index is 12.4. The van der Waals surface area contributed by atoms with Gasteiger partial charge in [0.1, 0.15) is 0 Å². The van der Waals surface area contributed by atoms with Gasteiger partial charge < -0.3 is 9.42 Å². The first kappa shape index (κ1) is 14.3. The fourth-order valence-electron chi connectivity index (χ4n) is 3.17. The van der Waals surface area contributed by atoms with Gasteiger partial charge in [0.05, 0.1) is 18.0 Å². The molecule has 4 rings (SSSR count). The van der Waals surface area contributed by atoms with E-state index in [1.165, 1.54) is 25.5 Å². The summed E-state index contributed by atoms with van der Waals surface area (Å²) in [6, 6.07) is 1.70. The second-order valence-corrected chi connectivity index (χ2v) is 6.32. The molecule has 0 spiro atoms. The average Bonchev–Trinajstić information content (AvgIpc) is 3.03. The van der Waals surface area contributed by atoms with Crippen molar-refractivity contribution in [3.05, 3.63) is 35.7 Å². The predicted molar refractivity (Wildman–Crippen MR) is 80.8 cm³/mol. The Kier molecular flexibility index (Phi) is 3.77. The van der Waals surface area contributed by atoms with Crippen molar-refractivity contribution in [1.29, 1.82) is 0 Å². The molecule has 7 nitrogen and oxygen atoms in total. The molecule has 0 atom stereocenters. The number of rotatable bonds is 3. The Balaban J connectivity index is 1.37. The van der Waals surface area contributed by atoms with Crippen LogP contribution >= 0.6 is 0 Å². The summed E-state index contributed by atoms with van der Waals surface area (Å²) < 4.78 is 5.46. The molecule has 0 bridgehead atoms. The molecule has 0 N–H and O–H groups in total. The van der Waals surface area contributed by atoms with Crippen LogP contribution in [-0.2, 0) is 0 Å². The molecule has 2 aromatic heterocycles. The number of hydrogen-bond donors (Lipinski definition) is 0. The van der Waals surface area contributed by atoms with Gasteiger partial charge in [-0.15, -0.1) is 0 Å². The van der Waals surface area contributed by atoms with Gasteiger partial charge in [-0.25, -0.2) is 0 Å². The molecule has 7 heteroatoms. The summed E-state index contributed by atoms with van der Waals surface area (Å²) in [5.41, 5.74) is 0.587. The zero-order valence-electron chi connectivity index (χ0n) is 12.9. The molecule has 1 saturated carbocycles. The van der Waals surface area contributed by atoms with Crippen LogP contribution in [0.25, 0.3) is 0 Å². The van der Waals surface area contributed by atoms with E-state index in [0.717, 1.165) is 24.6 Å². The molecule has 2 fully saturated rings. The zero-order valence-corrected chi connectivity index (χ0v) is 12.9. The fraction of sp³-hybridized carbons (Fsp3) is 0.562. The van der Waals surface area contributed by atoms with Crippen molar-refractivity contribution in [2.24, 2.45) is 0 Å². The Morgan fingerprint density at radius 2 is 1.96 bits per heavy atom. The average molecular weight is 313 g/mol. The second-order valence-electron chi connectivity index (χ2n) is 6.32. The van der Waals surface area contributed by atoms with Crippen LogP contribution in [0, 0.1) is 0 Å². The molecule has 3 heterocycles. The quantitative estimate of drug-likeness (QED) is 0.863. The lowest BCUT2D eigenvalue weighted by atomic mass is 9.85. The minimum atomic E-state index is 0.0130. The van der Waals surface area contributed by atoms with E-state index in [0.29, 0.717) is 24.6 Å². The number of nitrogens with zero attached hydrogens (tertiary/aromatic N) is 5. The third-order valence-corrected chi connectivity index (χ3v) is 4.89. The Hall–Kier alpha value is -2.31. The Labute approximate surface area is 134 Å². The molecular formula is C16H19N5O2.